The monoisotopic (exact) mass is 647 g/mol. The first-order valence-corrected chi connectivity index (χ1v) is 16.4. The average Bonchev–Trinajstić information content (AvgIpc) is 3.05. The molecule has 1 aromatic carbocycles. The van der Waals surface area contributed by atoms with Crippen molar-refractivity contribution in [2.45, 2.75) is 79.3 Å². The number of nitrogens with one attached hydrogen (secondary N) is 2. The third-order valence-electron chi connectivity index (χ3n) is 7.42. The second kappa shape index (κ2) is 22.3. The number of carbonyl (C=O) groups excluding carboxylic acids is 2. The summed E-state index contributed by atoms with van der Waals surface area (Å²) >= 11 is 0. The van der Waals surface area contributed by atoms with Crippen molar-refractivity contribution in [1.82, 2.24) is 10.3 Å². The van der Waals surface area contributed by atoms with Crippen LogP contribution < -0.4 is 24.8 Å². The van der Waals surface area contributed by atoms with E-state index in [0.717, 1.165) is 25.1 Å². The van der Waals surface area contributed by atoms with Crippen LogP contribution in [0.15, 0.2) is 36.5 Å². The lowest BCUT2D eigenvalue weighted by Crippen LogP contribution is -2.29. The first kappa shape index (κ1) is 38.9. The summed E-state index contributed by atoms with van der Waals surface area (Å²) < 4.78 is 42.0. The molecule has 0 saturated carbocycles. The molecule has 0 aliphatic carbocycles. The summed E-state index contributed by atoms with van der Waals surface area (Å²) in [5, 5.41) is 6.72. The topological polar surface area (TPSA) is 117 Å². The molecular weight excluding hydrogens is 593 g/mol. The molecule has 10 nitrogen and oxygen atoms in total. The van der Waals surface area contributed by atoms with E-state index in [9.17, 15) is 14.0 Å². The maximum atomic E-state index is 14.3. The number of hydrogen-bond acceptors (Lipinski definition) is 10. The second-order valence-corrected chi connectivity index (χ2v) is 11.9. The number of Topliss-reactive ketones (excluding diaryl/α,β-unsaturated/α-hetero) is 2. The molecule has 2 rings (SSSR count). The molecule has 46 heavy (non-hydrogen) atoms. The van der Waals surface area contributed by atoms with Gasteiger partial charge in [-0.15, -0.1) is 0 Å². The van der Waals surface area contributed by atoms with Gasteiger partial charge in [-0.1, -0.05) is 27.7 Å². The van der Waals surface area contributed by atoms with Gasteiger partial charge in [0.1, 0.15) is 32.2 Å². The number of aromatic nitrogens is 1. The number of anilines is 1. The molecule has 1 heterocycles. The van der Waals surface area contributed by atoms with Crippen molar-refractivity contribution in [3.63, 3.8) is 0 Å². The normalized spacial score (nSPS) is 13.2. The highest BCUT2D eigenvalue weighted by Crippen LogP contribution is 2.23. The van der Waals surface area contributed by atoms with Crippen molar-refractivity contribution in [3.05, 3.63) is 42.3 Å². The maximum Gasteiger partial charge on any atom is 0.213 e. The van der Waals surface area contributed by atoms with Gasteiger partial charge < -0.3 is 34.3 Å². The van der Waals surface area contributed by atoms with Gasteiger partial charge in [-0.3, -0.25) is 9.59 Å². The Kier molecular flexibility index (Phi) is 18.8. The predicted molar refractivity (Wildman–Crippen MR) is 177 cm³/mol. The molecule has 3 atom stereocenters. The highest BCUT2D eigenvalue weighted by atomic mass is 19.1. The van der Waals surface area contributed by atoms with Gasteiger partial charge in [-0.2, -0.15) is 0 Å². The number of hydrogen-bond donors (Lipinski definition) is 2. The molecule has 2 N–H and O–H groups in total. The van der Waals surface area contributed by atoms with Crippen molar-refractivity contribution in [2.24, 2.45) is 11.8 Å². The van der Waals surface area contributed by atoms with E-state index in [4.69, 9.17) is 23.7 Å². The molecule has 0 bridgehead atoms. The van der Waals surface area contributed by atoms with Gasteiger partial charge in [-0.25, -0.2) is 9.37 Å². The Hall–Kier alpha value is -3.28. The van der Waals surface area contributed by atoms with E-state index in [-0.39, 0.29) is 55.0 Å². The Morgan fingerprint density at radius 3 is 2.33 bits per heavy atom. The number of rotatable bonds is 26. The fourth-order valence-electron chi connectivity index (χ4n) is 4.08. The zero-order valence-electron chi connectivity index (χ0n) is 28.4. The van der Waals surface area contributed by atoms with Gasteiger partial charge >= 0.3 is 0 Å². The minimum absolute atomic E-state index is 0.0112. The van der Waals surface area contributed by atoms with E-state index in [0.29, 0.717) is 56.9 Å². The van der Waals surface area contributed by atoms with E-state index >= 15 is 0 Å². The number of ether oxygens (including phenoxy) is 5. The first-order valence-electron chi connectivity index (χ1n) is 16.4. The van der Waals surface area contributed by atoms with Crippen molar-refractivity contribution in [1.29, 1.82) is 0 Å². The zero-order valence-corrected chi connectivity index (χ0v) is 28.4. The molecule has 3 unspecified atom stereocenters. The summed E-state index contributed by atoms with van der Waals surface area (Å²) in [5.74, 6) is 0.602. The van der Waals surface area contributed by atoms with Crippen LogP contribution in [0.3, 0.4) is 0 Å². The van der Waals surface area contributed by atoms with Crippen LogP contribution in [0.4, 0.5) is 10.1 Å². The van der Waals surface area contributed by atoms with E-state index < -0.39 is 5.82 Å². The Morgan fingerprint density at radius 1 is 0.826 bits per heavy atom. The maximum absolute atomic E-state index is 14.3. The minimum atomic E-state index is -0.451. The third-order valence-corrected chi connectivity index (χ3v) is 7.42. The fraction of sp³-hybridized carbons (Fsp3) is 0.629. The summed E-state index contributed by atoms with van der Waals surface area (Å²) in [5.41, 5.74) is 0.729. The minimum Gasteiger partial charge on any atom is -0.488 e. The summed E-state index contributed by atoms with van der Waals surface area (Å²) in [6.45, 7) is 14.6. The van der Waals surface area contributed by atoms with Gasteiger partial charge in [0.2, 0.25) is 5.88 Å². The standard InChI is InChI=1S/C35H54FN3O7/c1-7-27(5)37-15-18-45-35-14-12-30(22-38-35)46-24-33(41)26(4)9-10-28(6)39-29-11-13-31(36)34(21-29)44-20-19-42-16-8-17-43-23-32(40)25(2)3/h11-14,21-22,25-28,37,39H,7-10,15-20,23-24H2,1-6H3. The number of ketones is 2. The molecule has 2 aromatic rings. The Labute approximate surface area is 274 Å². The van der Waals surface area contributed by atoms with Crippen molar-refractivity contribution >= 4 is 17.3 Å². The zero-order chi connectivity index (χ0) is 33.7. The van der Waals surface area contributed by atoms with Crippen molar-refractivity contribution in [3.8, 4) is 17.4 Å². The van der Waals surface area contributed by atoms with E-state index in [1.54, 1.807) is 30.5 Å². The number of pyridine rings is 1. The van der Waals surface area contributed by atoms with Crippen LogP contribution in [0.2, 0.25) is 0 Å². The van der Waals surface area contributed by atoms with Gasteiger partial charge in [0.05, 0.1) is 12.8 Å². The van der Waals surface area contributed by atoms with Gasteiger partial charge in [0.15, 0.2) is 23.1 Å². The SMILES string of the molecule is CCC(C)NCCOc1ccc(OCC(=O)C(C)CCC(C)Nc2ccc(F)c(OCCOCCCOCC(=O)C(C)C)c2)cn1. The van der Waals surface area contributed by atoms with Crippen LogP contribution in [-0.4, -0.2) is 81.4 Å². The number of halogens is 1. The van der Waals surface area contributed by atoms with Crippen LogP contribution in [0.25, 0.3) is 0 Å². The summed E-state index contributed by atoms with van der Waals surface area (Å²) in [6, 6.07) is 8.64. The van der Waals surface area contributed by atoms with Crippen molar-refractivity contribution < 1.29 is 37.7 Å². The molecule has 0 radical (unpaired) electrons. The molecule has 0 saturated heterocycles. The van der Waals surface area contributed by atoms with Gasteiger partial charge in [0, 0.05) is 61.5 Å². The largest absolute Gasteiger partial charge is 0.488 e. The fourth-order valence-corrected chi connectivity index (χ4v) is 4.08. The highest BCUT2D eigenvalue weighted by molar-refractivity contribution is 5.82. The van der Waals surface area contributed by atoms with Crippen LogP contribution in [0.1, 0.15) is 67.2 Å². The molecule has 0 spiro atoms. The molecule has 1 aromatic heterocycles. The molecule has 0 aliphatic rings. The Morgan fingerprint density at radius 2 is 1.61 bits per heavy atom. The first-order chi connectivity index (χ1) is 22.1. The molecule has 0 fully saturated rings. The summed E-state index contributed by atoms with van der Waals surface area (Å²) in [6.07, 6.45) is 4.70. The van der Waals surface area contributed by atoms with Crippen LogP contribution in [0, 0.1) is 17.7 Å². The van der Waals surface area contributed by atoms with Crippen LogP contribution in [0.5, 0.6) is 17.4 Å². The smallest absolute Gasteiger partial charge is 0.213 e. The van der Waals surface area contributed by atoms with Crippen LogP contribution >= 0.6 is 0 Å². The number of nitrogens with zero attached hydrogens (tertiary/aromatic N) is 1. The summed E-state index contributed by atoms with van der Waals surface area (Å²) in [7, 11) is 0. The summed E-state index contributed by atoms with van der Waals surface area (Å²) in [4.78, 5) is 28.4. The Balaban J connectivity index is 1.62. The second-order valence-electron chi connectivity index (χ2n) is 11.9. The lowest BCUT2D eigenvalue weighted by molar-refractivity contribution is -0.126. The molecular formula is C35H54FN3O7. The van der Waals surface area contributed by atoms with Crippen molar-refractivity contribution in [2.75, 3.05) is 58.1 Å². The average molecular weight is 648 g/mol. The quantitative estimate of drug-likeness (QED) is 0.120. The predicted octanol–water partition coefficient (Wildman–Crippen LogP) is 5.88. The van der Waals surface area contributed by atoms with Crippen LogP contribution in [-0.2, 0) is 19.1 Å². The Bertz CT molecular complexity index is 1150. The van der Waals surface area contributed by atoms with E-state index in [1.807, 2.05) is 27.7 Å². The molecule has 0 amide bonds. The lowest BCUT2D eigenvalue weighted by atomic mass is 9.98. The molecule has 258 valence electrons. The lowest BCUT2D eigenvalue weighted by Gasteiger charge is -2.18. The number of benzene rings is 1. The molecule has 11 heteroatoms. The number of carbonyl (C=O) groups is 2. The van der Waals surface area contributed by atoms with E-state index in [1.165, 1.54) is 6.07 Å². The molecule has 0 aliphatic heterocycles. The highest BCUT2D eigenvalue weighted by Gasteiger charge is 2.16. The van der Waals surface area contributed by atoms with Gasteiger partial charge in [0.25, 0.3) is 0 Å². The van der Waals surface area contributed by atoms with E-state index in [2.05, 4.69) is 29.5 Å². The van der Waals surface area contributed by atoms with Gasteiger partial charge in [-0.05, 0) is 57.7 Å². The third kappa shape index (κ3) is 16.3.